The Morgan fingerprint density at radius 3 is 2.22 bits per heavy atom. The van der Waals surface area contributed by atoms with Gasteiger partial charge in [0.25, 0.3) is 5.91 Å². The molecule has 3 N–H and O–H groups in total. The zero-order valence-corrected chi connectivity index (χ0v) is 19.0. The second kappa shape index (κ2) is 10.9. The van der Waals surface area contributed by atoms with Gasteiger partial charge in [0.05, 0.1) is 11.5 Å². The van der Waals surface area contributed by atoms with Crippen LogP contribution in [0.1, 0.15) is 22.8 Å². The second-order valence-electron chi connectivity index (χ2n) is 6.70. The van der Waals surface area contributed by atoms with Gasteiger partial charge in [-0.1, -0.05) is 30.3 Å². The smallest absolute Gasteiger partial charge is 0.257 e. The van der Waals surface area contributed by atoms with Gasteiger partial charge in [-0.25, -0.2) is 13.1 Å². The van der Waals surface area contributed by atoms with Crippen LogP contribution >= 0.6 is 12.2 Å². The molecule has 0 aliphatic rings. The van der Waals surface area contributed by atoms with E-state index in [0.717, 1.165) is 5.56 Å². The van der Waals surface area contributed by atoms with Crippen molar-refractivity contribution in [2.45, 2.75) is 18.4 Å². The molecule has 9 heteroatoms. The van der Waals surface area contributed by atoms with Crippen molar-refractivity contribution in [3.8, 4) is 5.75 Å². The molecule has 0 atom stereocenters. The van der Waals surface area contributed by atoms with E-state index in [4.69, 9.17) is 17.0 Å². The summed E-state index contributed by atoms with van der Waals surface area (Å²) in [4.78, 5) is 12.5. The summed E-state index contributed by atoms with van der Waals surface area (Å²) < 4.78 is 32.9. The van der Waals surface area contributed by atoms with Crippen LogP contribution in [0.4, 0.5) is 5.69 Å². The number of nitrogens with one attached hydrogen (secondary N) is 3. The summed E-state index contributed by atoms with van der Waals surface area (Å²) in [6.45, 7) is 2.63. The van der Waals surface area contributed by atoms with Crippen molar-refractivity contribution in [1.29, 1.82) is 0 Å². The van der Waals surface area contributed by atoms with Crippen molar-refractivity contribution >= 4 is 38.9 Å². The lowest BCUT2D eigenvalue weighted by Crippen LogP contribution is -2.34. The Labute approximate surface area is 192 Å². The molecule has 0 fully saturated rings. The fourth-order valence-electron chi connectivity index (χ4n) is 2.78. The number of thiocarbonyl (C=S) groups is 1. The molecule has 1 amide bonds. The fourth-order valence-corrected chi connectivity index (χ4v) is 4.01. The highest BCUT2D eigenvalue weighted by Gasteiger charge is 2.14. The van der Waals surface area contributed by atoms with Crippen molar-refractivity contribution < 1.29 is 17.9 Å². The third kappa shape index (κ3) is 6.61. The van der Waals surface area contributed by atoms with E-state index in [9.17, 15) is 13.2 Å². The highest BCUT2D eigenvalue weighted by molar-refractivity contribution is 7.89. The lowest BCUT2D eigenvalue weighted by molar-refractivity contribution is 0.0977. The summed E-state index contributed by atoms with van der Waals surface area (Å²) in [5, 5.41) is 5.56. The summed E-state index contributed by atoms with van der Waals surface area (Å²) in [6.07, 6.45) is 0. The molecule has 0 spiro atoms. The molecule has 32 heavy (non-hydrogen) atoms. The van der Waals surface area contributed by atoms with Crippen molar-refractivity contribution in [3.05, 3.63) is 90.0 Å². The maximum atomic E-state index is 12.5. The minimum atomic E-state index is -3.66. The second-order valence-corrected chi connectivity index (χ2v) is 8.88. The van der Waals surface area contributed by atoms with E-state index < -0.39 is 10.0 Å². The number of amides is 1. The Morgan fingerprint density at radius 2 is 1.59 bits per heavy atom. The summed E-state index contributed by atoms with van der Waals surface area (Å²) in [7, 11) is -3.66. The Bertz CT molecular complexity index is 1160. The number of anilines is 1. The van der Waals surface area contributed by atoms with Crippen LogP contribution in [0.3, 0.4) is 0 Å². The van der Waals surface area contributed by atoms with E-state index in [2.05, 4.69) is 15.4 Å². The quantitative estimate of drug-likeness (QED) is 0.436. The molecule has 0 radical (unpaired) electrons. The standard InChI is InChI=1S/C23H23N3O4S2/c1-2-30-20-12-8-18(9-13-20)22(27)26-23(31)25-19-10-14-21(15-11-19)32(28,29)24-16-17-6-4-3-5-7-17/h3-15,24H,2,16H2,1H3,(H2,25,26,27,31). The third-order valence-corrected chi connectivity index (χ3v) is 6.01. The van der Waals surface area contributed by atoms with Crippen molar-refractivity contribution in [2.75, 3.05) is 11.9 Å². The molecule has 3 aromatic carbocycles. The van der Waals surface area contributed by atoms with Gasteiger partial charge in [0.2, 0.25) is 10.0 Å². The molecular weight excluding hydrogens is 446 g/mol. The van der Waals surface area contributed by atoms with E-state index >= 15 is 0 Å². The van der Waals surface area contributed by atoms with Gasteiger partial charge in [-0.15, -0.1) is 0 Å². The van der Waals surface area contributed by atoms with Gasteiger partial charge in [-0.05, 0) is 73.2 Å². The van der Waals surface area contributed by atoms with E-state index in [-0.39, 0.29) is 22.5 Å². The predicted octanol–water partition coefficient (Wildman–Crippen LogP) is 3.69. The minimum absolute atomic E-state index is 0.0988. The third-order valence-electron chi connectivity index (χ3n) is 4.39. The maximum absolute atomic E-state index is 12.5. The average molecular weight is 470 g/mol. The lowest BCUT2D eigenvalue weighted by atomic mass is 10.2. The van der Waals surface area contributed by atoms with Gasteiger partial charge in [0.1, 0.15) is 5.75 Å². The molecule has 166 valence electrons. The van der Waals surface area contributed by atoms with Crippen LogP contribution < -0.4 is 20.1 Å². The zero-order chi connectivity index (χ0) is 23.0. The van der Waals surface area contributed by atoms with Crippen LogP contribution in [0, 0.1) is 0 Å². The molecule has 0 bridgehead atoms. The Hall–Kier alpha value is -3.27. The molecule has 0 saturated carbocycles. The Balaban J connectivity index is 1.55. The first-order valence-corrected chi connectivity index (χ1v) is 11.8. The molecule has 0 aliphatic heterocycles. The highest BCUT2D eigenvalue weighted by Crippen LogP contribution is 2.15. The van der Waals surface area contributed by atoms with Crippen LogP contribution in [0.5, 0.6) is 5.75 Å². The van der Waals surface area contributed by atoms with Gasteiger partial charge >= 0.3 is 0 Å². The van der Waals surface area contributed by atoms with Gasteiger partial charge in [-0.2, -0.15) is 0 Å². The molecule has 7 nitrogen and oxygen atoms in total. The molecule has 3 aromatic rings. The highest BCUT2D eigenvalue weighted by atomic mass is 32.2. The first-order valence-electron chi connectivity index (χ1n) is 9.86. The minimum Gasteiger partial charge on any atom is -0.494 e. The summed E-state index contributed by atoms with van der Waals surface area (Å²) in [5.41, 5.74) is 1.84. The van der Waals surface area contributed by atoms with Crippen LogP contribution in [0.2, 0.25) is 0 Å². The molecule has 0 aliphatic carbocycles. The van der Waals surface area contributed by atoms with Crippen LogP contribution in [-0.4, -0.2) is 26.0 Å². The maximum Gasteiger partial charge on any atom is 0.257 e. The normalized spacial score (nSPS) is 10.9. The SMILES string of the molecule is CCOc1ccc(C(=O)NC(=S)Nc2ccc(S(=O)(=O)NCc3ccccc3)cc2)cc1. The van der Waals surface area contributed by atoms with Crippen molar-refractivity contribution in [2.24, 2.45) is 0 Å². The van der Waals surface area contributed by atoms with Gasteiger partial charge in [0.15, 0.2) is 5.11 Å². The largest absolute Gasteiger partial charge is 0.494 e. The van der Waals surface area contributed by atoms with E-state index in [1.807, 2.05) is 37.3 Å². The number of carbonyl (C=O) groups excluding carboxylic acids is 1. The van der Waals surface area contributed by atoms with Gasteiger partial charge in [-0.3, -0.25) is 10.1 Å². The van der Waals surface area contributed by atoms with Crippen LogP contribution in [0.25, 0.3) is 0 Å². The van der Waals surface area contributed by atoms with Gasteiger partial charge in [0, 0.05) is 17.8 Å². The fraction of sp³-hybridized carbons (Fsp3) is 0.130. The Kier molecular flexibility index (Phi) is 7.93. The molecule has 0 aromatic heterocycles. The van der Waals surface area contributed by atoms with E-state index in [0.29, 0.717) is 23.6 Å². The molecule has 3 rings (SSSR count). The summed E-state index contributed by atoms with van der Waals surface area (Å²) in [6, 6.07) is 22.0. The van der Waals surface area contributed by atoms with Crippen molar-refractivity contribution in [1.82, 2.24) is 10.0 Å². The number of carbonyl (C=O) groups is 1. The lowest BCUT2D eigenvalue weighted by Gasteiger charge is -2.11. The molecule has 0 unspecified atom stereocenters. The summed E-state index contributed by atoms with van der Waals surface area (Å²) in [5.74, 6) is 0.313. The predicted molar refractivity (Wildman–Crippen MR) is 128 cm³/mol. The zero-order valence-electron chi connectivity index (χ0n) is 17.4. The topological polar surface area (TPSA) is 96.5 Å². The number of ether oxygens (including phenoxy) is 1. The number of hydrogen-bond acceptors (Lipinski definition) is 5. The number of rotatable bonds is 8. The first-order chi connectivity index (χ1) is 15.4. The van der Waals surface area contributed by atoms with Crippen LogP contribution in [0.15, 0.2) is 83.8 Å². The number of sulfonamides is 1. The van der Waals surface area contributed by atoms with E-state index in [1.54, 1.807) is 36.4 Å². The molecule has 0 saturated heterocycles. The average Bonchev–Trinajstić information content (AvgIpc) is 2.79. The number of hydrogen-bond donors (Lipinski definition) is 3. The summed E-state index contributed by atoms with van der Waals surface area (Å²) >= 11 is 5.18. The van der Waals surface area contributed by atoms with Crippen LogP contribution in [-0.2, 0) is 16.6 Å². The van der Waals surface area contributed by atoms with E-state index in [1.165, 1.54) is 12.1 Å². The first kappa shape index (κ1) is 23.4. The molecular formula is C23H23N3O4S2. The van der Waals surface area contributed by atoms with Crippen molar-refractivity contribution in [3.63, 3.8) is 0 Å². The molecule has 0 heterocycles. The monoisotopic (exact) mass is 469 g/mol. The Morgan fingerprint density at radius 1 is 0.938 bits per heavy atom. The number of benzene rings is 3. The van der Waals surface area contributed by atoms with Gasteiger partial charge < -0.3 is 10.1 Å².